The van der Waals surface area contributed by atoms with Crippen molar-refractivity contribution in [3.63, 3.8) is 0 Å². The molecule has 0 radical (unpaired) electrons. The second kappa shape index (κ2) is 6.07. The van der Waals surface area contributed by atoms with Gasteiger partial charge in [-0.2, -0.15) is 0 Å². The molecule has 0 heterocycles. The number of carbonyl (C=O) groups excluding carboxylic acids is 1. The monoisotopic (exact) mass is 277 g/mol. The molecule has 0 aromatic heterocycles. The first-order valence-electron chi connectivity index (χ1n) is 6.81. The van der Waals surface area contributed by atoms with Gasteiger partial charge in [-0.3, -0.25) is 4.79 Å². The molecule has 0 bridgehead atoms. The van der Waals surface area contributed by atoms with E-state index < -0.39 is 5.97 Å². The Morgan fingerprint density at radius 2 is 1.65 bits per heavy atom. The van der Waals surface area contributed by atoms with E-state index in [1.807, 2.05) is 0 Å². The number of carboxylic acids is 1. The molecule has 4 nitrogen and oxygen atoms in total. The lowest BCUT2D eigenvalue weighted by Crippen LogP contribution is -2.35. The molecule has 0 aliphatic heterocycles. The molecular formula is C16H23NO3. The summed E-state index contributed by atoms with van der Waals surface area (Å²) in [6, 6.07) is 3.51. The fourth-order valence-electron chi connectivity index (χ4n) is 1.91. The maximum atomic E-state index is 12.3. The van der Waals surface area contributed by atoms with Gasteiger partial charge in [0.15, 0.2) is 0 Å². The molecule has 0 saturated carbocycles. The third-order valence-electron chi connectivity index (χ3n) is 3.75. The number of carbonyl (C=O) groups is 2. The third-order valence-corrected chi connectivity index (χ3v) is 3.75. The van der Waals surface area contributed by atoms with Crippen LogP contribution in [-0.2, 0) is 0 Å². The van der Waals surface area contributed by atoms with Gasteiger partial charge in [-0.25, -0.2) is 4.79 Å². The number of aryl methyl sites for hydroxylation is 2. The molecule has 2 N–H and O–H groups in total. The molecule has 0 spiro atoms. The number of nitrogens with one attached hydrogen (secondary N) is 1. The van der Waals surface area contributed by atoms with Crippen LogP contribution in [0.2, 0.25) is 0 Å². The Bertz CT molecular complexity index is 533. The average molecular weight is 277 g/mol. The number of benzene rings is 1. The molecule has 4 heteroatoms. The quantitative estimate of drug-likeness (QED) is 0.868. The number of hydrogen-bond acceptors (Lipinski definition) is 2. The van der Waals surface area contributed by atoms with Crippen LogP contribution in [0.1, 0.15) is 59.0 Å². The standard InChI is InChI=1S/C16H23NO3/c1-6-16(4,5)9-17-14(18)12-10(2)7-8-11(3)13(12)15(19)20/h7-8H,6,9H2,1-5H3,(H,17,18)(H,19,20). The minimum atomic E-state index is -1.06. The Labute approximate surface area is 120 Å². The molecule has 0 saturated heterocycles. The Balaban J connectivity index is 3.10. The summed E-state index contributed by atoms with van der Waals surface area (Å²) in [5.74, 6) is -1.38. The minimum absolute atomic E-state index is 0.00320. The molecule has 1 amide bonds. The van der Waals surface area contributed by atoms with Crippen LogP contribution in [0.15, 0.2) is 12.1 Å². The predicted octanol–water partition coefficient (Wildman–Crippen LogP) is 3.17. The third kappa shape index (κ3) is 3.59. The summed E-state index contributed by atoms with van der Waals surface area (Å²) in [5.41, 5.74) is 1.64. The van der Waals surface area contributed by atoms with Crippen molar-refractivity contribution in [2.45, 2.75) is 41.0 Å². The minimum Gasteiger partial charge on any atom is -0.478 e. The summed E-state index contributed by atoms with van der Waals surface area (Å²) in [6.07, 6.45) is 0.936. The maximum Gasteiger partial charge on any atom is 0.336 e. The molecule has 1 rings (SSSR count). The van der Waals surface area contributed by atoms with Crippen molar-refractivity contribution in [1.82, 2.24) is 5.32 Å². The average Bonchev–Trinajstić information content (AvgIpc) is 2.38. The normalized spacial score (nSPS) is 11.2. The summed E-state index contributed by atoms with van der Waals surface area (Å²) in [4.78, 5) is 23.7. The van der Waals surface area contributed by atoms with E-state index >= 15 is 0 Å². The lowest BCUT2D eigenvalue weighted by atomic mass is 9.90. The number of amides is 1. The molecule has 0 aliphatic rings. The van der Waals surface area contributed by atoms with Gasteiger partial charge in [-0.1, -0.05) is 32.9 Å². The van der Waals surface area contributed by atoms with Crippen molar-refractivity contribution in [1.29, 1.82) is 0 Å². The van der Waals surface area contributed by atoms with Crippen LogP contribution in [0, 0.1) is 19.3 Å². The van der Waals surface area contributed by atoms with Gasteiger partial charge in [0.2, 0.25) is 0 Å². The van der Waals surface area contributed by atoms with Gasteiger partial charge in [0.1, 0.15) is 0 Å². The van der Waals surface area contributed by atoms with Crippen LogP contribution in [-0.4, -0.2) is 23.5 Å². The van der Waals surface area contributed by atoms with Crippen molar-refractivity contribution in [3.05, 3.63) is 34.4 Å². The SMILES string of the molecule is CCC(C)(C)CNC(=O)c1c(C)ccc(C)c1C(=O)O. The summed E-state index contributed by atoms with van der Waals surface area (Å²) >= 11 is 0. The topological polar surface area (TPSA) is 66.4 Å². The van der Waals surface area contributed by atoms with E-state index in [9.17, 15) is 14.7 Å². The van der Waals surface area contributed by atoms with E-state index in [0.29, 0.717) is 17.7 Å². The van der Waals surface area contributed by atoms with E-state index in [4.69, 9.17) is 0 Å². The van der Waals surface area contributed by atoms with E-state index in [1.165, 1.54) is 0 Å². The zero-order chi connectivity index (χ0) is 15.5. The van der Waals surface area contributed by atoms with Gasteiger partial charge >= 0.3 is 5.97 Å². The Hall–Kier alpha value is -1.84. The molecule has 20 heavy (non-hydrogen) atoms. The number of carboxylic acid groups (broad SMARTS) is 1. The van der Waals surface area contributed by atoms with E-state index in [1.54, 1.807) is 26.0 Å². The first-order valence-corrected chi connectivity index (χ1v) is 6.81. The lowest BCUT2D eigenvalue weighted by Gasteiger charge is -2.23. The van der Waals surface area contributed by atoms with Gasteiger partial charge in [0.05, 0.1) is 11.1 Å². The molecule has 0 fully saturated rings. The highest BCUT2D eigenvalue weighted by Gasteiger charge is 2.23. The highest BCUT2D eigenvalue weighted by molar-refractivity contribution is 6.06. The van der Waals surface area contributed by atoms with Crippen LogP contribution >= 0.6 is 0 Å². The predicted molar refractivity (Wildman–Crippen MR) is 79.3 cm³/mol. The van der Waals surface area contributed by atoms with Crippen molar-refractivity contribution in [2.75, 3.05) is 6.54 Å². The second-order valence-electron chi connectivity index (χ2n) is 5.95. The van der Waals surface area contributed by atoms with Crippen LogP contribution in [0.25, 0.3) is 0 Å². The van der Waals surface area contributed by atoms with Gasteiger partial charge < -0.3 is 10.4 Å². The van der Waals surface area contributed by atoms with Gasteiger partial charge in [0.25, 0.3) is 5.91 Å². The fraction of sp³-hybridized carbons (Fsp3) is 0.500. The Morgan fingerprint density at radius 1 is 1.15 bits per heavy atom. The zero-order valence-electron chi connectivity index (χ0n) is 12.8. The summed E-state index contributed by atoms with van der Waals surface area (Å²) < 4.78 is 0. The number of aromatic carboxylic acids is 1. The molecule has 110 valence electrons. The Kier molecular flexibility index (Phi) is 4.93. The van der Waals surface area contributed by atoms with Gasteiger partial charge in [0, 0.05) is 6.54 Å². The van der Waals surface area contributed by atoms with Crippen LogP contribution in [0.3, 0.4) is 0 Å². The fourth-order valence-corrected chi connectivity index (χ4v) is 1.91. The van der Waals surface area contributed by atoms with Gasteiger partial charge in [-0.05, 0) is 36.8 Å². The highest BCUT2D eigenvalue weighted by atomic mass is 16.4. The van der Waals surface area contributed by atoms with Gasteiger partial charge in [-0.15, -0.1) is 0 Å². The molecule has 1 aromatic carbocycles. The maximum absolute atomic E-state index is 12.3. The van der Waals surface area contributed by atoms with Crippen LogP contribution in [0.5, 0.6) is 0 Å². The van der Waals surface area contributed by atoms with E-state index in [2.05, 4.69) is 26.1 Å². The van der Waals surface area contributed by atoms with Crippen molar-refractivity contribution >= 4 is 11.9 Å². The first kappa shape index (κ1) is 16.2. The summed E-state index contributed by atoms with van der Waals surface area (Å²) in [5, 5.41) is 12.2. The summed E-state index contributed by atoms with van der Waals surface area (Å²) in [7, 11) is 0. The molecule has 0 aliphatic carbocycles. The van der Waals surface area contributed by atoms with Crippen LogP contribution < -0.4 is 5.32 Å². The second-order valence-corrected chi connectivity index (χ2v) is 5.95. The van der Waals surface area contributed by atoms with Crippen molar-refractivity contribution < 1.29 is 14.7 Å². The van der Waals surface area contributed by atoms with E-state index in [0.717, 1.165) is 6.42 Å². The largest absolute Gasteiger partial charge is 0.478 e. The smallest absolute Gasteiger partial charge is 0.336 e. The Morgan fingerprint density at radius 3 is 2.10 bits per heavy atom. The molecule has 0 unspecified atom stereocenters. The molecule has 1 aromatic rings. The molecular weight excluding hydrogens is 254 g/mol. The number of rotatable bonds is 5. The molecule has 0 atom stereocenters. The van der Waals surface area contributed by atoms with Crippen molar-refractivity contribution in [3.8, 4) is 0 Å². The summed E-state index contributed by atoms with van der Waals surface area (Å²) in [6.45, 7) is 10.2. The van der Waals surface area contributed by atoms with Crippen LogP contribution in [0.4, 0.5) is 0 Å². The number of hydrogen-bond donors (Lipinski definition) is 2. The van der Waals surface area contributed by atoms with Crippen molar-refractivity contribution in [2.24, 2.45) is 5.41 Å². The lowest BCUT2D eigenvalue weighted by molar-refractivity contribution is 0.0689. The van der Waals surface area contributed by atoms with E-state index in [-0.39, 0.29) is 22.4 Å². The zero-order valence-corrected chi connectivity index (χ0v) is 12.8. The highest BCUT2D eigenvalue weighted by Crippen LogP contribution is 2.21. The first-order chi connectivity index (χ1) is 9.19.